The smallest absolute Gasteiger partial charge is 0.344 e. The third-order valence-electron chi connectivity index (χ3n) is 5.69. The fourth-order valence-electron chi connectivity index (χ4n) is 3.98. The highest BCUT2D eigenvalue weighted by Crippen LogP contribution is 2.31. The predicted octanol–water partition coefficient (Wildman–Crippen LogP) is 1.03. The number of carbonyl (C=O) groups excluding carboxylic acids is 3. The van der Waals surface area contributed by atoms with Gasteiger partial charge in [0.05, 0.1) is 17.3 Å². The van der Waals surface area contributed by atoms with E-state index in [4.69, 9.17) is 4.42 Å². The van der Waals surface area contributed by atoms with Crippen LogP contribution in [0.25, 0.3) is 0 Å². The van der Waals surface area contributed by atoms with Crippen molar-refractivity contribution in [1.29, 1.82) is 0 Å². The Hall–Kier alpha value is -2.93. The van der Waals surface area contributed by atoms with Crippen LogP contribution in [0.3, 0.4) is 0 Å². The molecule has 2 aromatic rings. The van der Waals surface area contributed by atoms with Gasteiger partial charge in [-0.3, -0.25) is 15.0 Å². The van der Waals surface area contributed by atoms with Gasteiger partial charge >= 0.3 is 6.03 Å². The molecule has 2 N–H and O–H groups in total. The van der Waals surface area contributed by atoms with Gasteiger partial charge in [-0.1, -0.05) is 49.0 Å². The first kappa shape index (κ1) is 23.2. The third kappa shape index (κ3) is 4.88. The summed E-state index contributed by atoms with van der Waals surface area (Å²) in [4.78, 5) is 37.9. The fourth-order valence-corrected chi connectivity index (χ4v) is 6.42. The first-order chi connectivity index (χ1) is 15.7. The fraction of sp³-hybridized carbons (Fsp3) is 0.450. The largest absolute Gasteiger partial charge is 0.416 e. The number of nitrogens with zero attached hydrogens (tertiary/aromatic N) is 3. The molecule has 1 aromatic carbocycles. The number of hydrogen-bond donors (Lipinski definition) is 2. The average Bonchev–Trinajstić information content (AvgIpc) is 3.45. The second-order valence-electron chi connectivity index (χ2n) is 7.95. The summed E-state index contributed by atoms with van der Waals surface area (Å²) in [6.07, 6.45) is 1.24. The van der Waals surface area contributed by atoms with Crippen molar-refractivity contribution in [3.8, 4) is 0 Å². The van der Waals surface area contributed by atoms with E-state index in [1.54, 1.807) is 31.2 Å². The van der Waals surface area contributed by atoms with Gasteiger partial charge in [0.25, 0.3) is 11.1 Å². The minimum absolute atomic E-state index is 0.0558. The molecule has 13 heteroatoms. The second-order valence-corrected chi connectivity index (χ2v) is 11.1. The number of urea groups is 1. The normalized spacial score (nSPS) is 24.2. The third-order valence-corrected chi connectivity index (χ3v) is 8.35. The number of aromatic nitrogens is 2. The standard InChI is InChI=1S/C20H23N5O6S2/c1-2-20(14-6-4-3-5-7-14)17(27)25(18(28)21-20)24-15(26)11-32-19-23-22-16(31-19)10-13-8-9-33(29,30)12-13/h3-7,13H,2,8-12H2,1H3,(H,21,28)(H,24,26)/t13?,20-/m1/s1. The summed E-state index contributed by atoms with van der Waals surface area (Å²) >= 11 is 0.955. The van der Waals surface area contributed by atoms with Crippen LogP contribution in [0.4, 0.5) is 4.79 Å². The van der Waals surface area contributed by atoms with Crippen LogP contribution in [0, 0.1) is 5.92 Å². The number of sulfone groups is 1. The van der Waals surface area contributed by atoms with Crippen LogP contribution in [0.1, 0.15) is 31.2 Å². The maximum absolute atomic E-state index is 13.0. The molecule has 33 heavy (non-hydrogen) atoms. The topological polar surface area (TPSA) is 152 Å². The Labute approximate surface area is 194 Å². The Morgan fingerprint density at radius 3 is 2.73 bits per heavy atom. The lowest BCUT2D eigenvalue weighted by Gasteiger charge is -2.25. The Morgan fingerprint density at radius 1 is 1.30 bits per heavy atom. The molecule has 176 valence electrons. The molecule has 0 saturated carbocycles. The second kappa shape index (κ2) is 9.14. The minimum atomic E-state index is -2.99. The Morgan fingerprint density at radius 2 is 2.06 bits per heavy atom. The molecule has 0 spiro atoms. The van der Waals surface area contributed by atoms with Gasteiger partial charge in [-0.05, 0) is 24.3 Å². The molecule has 2 aliphatic heterocycles. The van der Waals surface area contributed by atoms with Crippen LogP contribution in [-0.2, 0) is 31.4 Å². The molecule has 2 saturated heterocycles. The van der Waals surface area contributed by atoms with E-state index in [-0.39, 0.29) is 28.4 Å². The van der Waals surface area contributed by atoms with Crippen LogP contribution in [0.15, 0.2) is 40.0 Å². The number of nitrogens with one attached hydrogen (secondary N) is 2. The van der Waals surface area contributed by atoms with Gasteiger partial charge in [0.2, 0.25) is 11.8 Å². The highest BCUT2D eigenvalue weighted by Gasteiger charge is 2.52. The van der Waals surface area contributed by atoms with Crippen molar-refractivity contribution < 1.29 is 27.2 Å². The average molecular weight is 494 g/mol. The molecule has 3 heterocycles. The molecule has 11 nitrogen and oxygen atoms in total. The molecule has 1 aromatic heterocycles. The molecular formula is C20H23N5O6S2. The Kier molecular flexibility index (Phi) is 6.43. The molecule has 4 rings (SSSR count). The lowest BCUT2D eigenvalue weighted by molar-refractivity contribution is -0.138. The summed E-state index contributed by atoms with van der Waals surface area (Å²) < 4.78 is 28.6. The number of thioether (sulfide) groups is 1. The van der Waals surface area contributed by atoms with Gasteiger partial charge in [0.15, 0.2) is 9.84 Å². The number of benzene rings is 1. The zero-order chi connectivity index (χ0) is 23.6. The summed E-state index contributed by atoms with van der Waals surface area (Å²) in [5, 5.41) is 11.3. The summed E-state index contributed by atoms with van der Waals surface area (Å²) in [5.74, 6) is -0.796. The van der Waals surface area contributed by atoms with Gasteiger partial charge in [-0.15, -0.1) is 10.2 Å². The number of hydrogen-bond acceptors (Lipinski definition) is 9. The highest BCUT2D eigenvalue weighted by atomic mass is 32.2. The number of hydrazine groups is 1. The van der Waals surface area contributed by atoms with E-state index >= 15 is 0 Å². The van der Waals surface area contributed by atoms with Crippen molar-refractivity contribution in [2.24, 2.45) is 5.92 Å². The number of amides is 4. The summed E-state index contributed by atoms with van der Waals surface area (Å²) in [6.45, 7) is 1.78. The number of rotatable bonds is 8. The zero-order valence-corrected chi connectivity index (χ0v) is 19.4. The minimum Gasteiger partial charge on any atom is -0.416 e. The maximum Gasteiger partial charge on any atom is 0.344 e. The molecular weight excluding hydrogens is 470 g/mol. The number of carbonyl (C=O) groups is 3. The lowest BCUT2D eigenvalue weighted by atomic mass is 9.87. The lowest BCUT2D eigenvalue weighted by Crippen LogP contribution is -2.49. The van der Waals surface area contributed by atoms with Crippen molar-refractivity contribution in [3.05, 3.63) is 41.8 Å². The predicted molar refractivity (Wildman–Crippen MR) is 117 cm³/mol. The van der Waals surface area contributed by atoms with Gasteiger partial charge in [-0.25, -0.2) is 13.2 Å². The van der Waals surface area contributed by atoms with Crippen molar-refractivity contribution in [2.75, 3.05) is 17.3 Å². The monoisotopic (exact) mass is 493 g/mol. The summed E-state index contributed by atoms with van der Waals surface area (Å²) in [6, 6.07) is 8.14. The van der Waals surface area contributed by atoms with E-state index < -0.39 is 33.2 Å². The van der Waals surface area contributed by atoms with E-state index in [1.807, 2.05) is 6.07 Å². The highest BCUT2D eigenvalue weighted by molar-refractivity contribution is 7.99. The molecule has 0 bridgehead atoms. The van der Waals surface area contributed by atoms with Crippen LogP contribution in [-0.4, -0.2) is 58.7 Å². The van der Waals surface area contributed by atoms with E-state index in [2.05, 4.69) is 20.9 Å². The van der Waals surface area contributed by atoms with E-state index in [1.165, 1.54) is 0 Å². The van der Waals surface area contributed by atoms with Crippen molar-refractivity contribution in [1.82, 2.24) is 25.9 Å². The molecule has 2 fully saturated rings. The van der Waals surface area contributed by atoms with Crippen LogP contribution in [0.5, 0.6) is 0 Å². The SMILES string of the molecule is CC[C@]1(c2ccccc2)NC(=O)N(NC(=O)CSc2nnc(CC3CCS(=O)(=O)C3)o2)C1=O. The molecule has 2 aliphatic rings. The van der Waals surface area contributed by atoms with Gasteiger partial charge < -0.3 is 9.73 Å². The van der Waals surface area contributed by atoms with Crippen LogP contribution >= 0.6 is 11.8 Å². The van der Waals surface area contributed by atoms with Crippen molar-refractivity contribution in [2.45, 2.75) is 36.9 Å². The van der Waals surface area contributed by atoms with Gasteiger partial charge in [-0.2, -0.15) is 5.01 Å². The first-order valence-corrected chi connectivity index (χ1v) is 13.2. The summed E-state index contributed by atoms with van der Waals surface area (Å²) in [7, 11) is -2.99. The quantitative estimate of drug-likeness (QED) is 0.406. The van der Waals surface area contributed by atoms with Crippen molar-refractivity contribution in [3.63, 3.8) is 0 Å². The van der Waals surface area contributed by atoms with E-state index in [0.717, 1.165) is 11.8 Å². The molecule has 0 aliphatic carbocycles. The van der Waals surface area contributed by atoms with Crippen LogP contribution < -0.4 is 10.7 Å². The molecule has 1 unspecified atom stereocenters. The van der Waals surface area contributed by atoms with E-state index in [9.17, 15) is 22.8 Å². The van der Waals surface area contributed by atoms with Gasteiger partial charge in [0, 0.05) is 6.42 Å². The molecule has 2 atom stereocenters. The van der Waals surface area contributed by atoms with Crippen LogP contribution in [0.2, 0.25) is 0 Å². The molecule has 0 radical (unpaired) electrons. The Bertz CT molecular complexity index is 1170. The molecule has 4 amide bonds. The summed E-state index contributed by atoms with van der Waals surface area (Å²) in [5.41, 5.74) is 1.73. The maximum atomic E-state index is 13.0. The zero-order valence-electron chi connectivity index (χ0n) is 17.8. The van der Waals surface area contributed by atoms with Crippen molar-refractivity contribution >= 4 is 39.4 Å². The van der Waals surface area contributed by atoms with E-state index in [0.29, 0.717) is 35.7 Å². The van der Waals surface area contributed by atoms with Gasteiger partial charge in [0.1, 0.15) is 5.54 Å². The first-order valence-electron chi connectivity index (χ1n) is 10.4. The number of imide groups is 1. The Balaban J connectivity index is 1.33.